The molecular weight excluding hydrogens is 216 g/mol. The fraction of sp³-hybridized carbons (Fsp3) is 0.615. The Morgan fingerprint density at radius 3 is 2.71 bits per heavy atom. The Bertz CT molecular complexity index is 369. The van der Waals surface area contributed by atoms with Gasteiger partial charge in [0, 0.05) is 19.4 Å². The third-order valence-electron chi connectivity index (χ3n) is 2.68. The van der Waals surface area contributed by atoms with Crippen LogP contribution in [0.1, 0.15) is 31.8 Å². The molecule has 0 saturated carbocycles. The van der Waals surface area contributed by atoms with Crippen molar-refractivity contribution in [3.63, 3.8) is 0 Å². The molecule has 0 radical (unpaired) electrons. The number of furan rings is 1. The molecular formula is C13H22N2O2. The van der Waals surface area contributed by atoms with Crippen LogP contribution in [0.3, 0.4) is 0 Å². The lowest BCUT2D eigenvalue weighted by Crippen LogP contribution is -2.33. The van der Waals surface area contributed by atoms with E-state index >= 15 is 0 Å². The van der Waals surface area contributed by atoms with Crippen LogP contribution in [0.2, 0.25) is 0 Å². The van der Waals surface area contributed by atoms with E-state index in [4.69, 9.17) is 10.2 Å². The highest BCUT2D eigenvalue weighted by molar-refractivity contribution is 5.76. The minimum Gasteiger partial charge on any atom is -0.466 e. The van der Waals surface area contributed by atoms with E-state index in [1.54, 1.807) is 0 Å². The Balaban J connectivity index is 2.25. The summed E-state index contributed by atoms with van der Waals surface area (Å²) in [6.45, 7) is 7.00. The van der Waals surface area contributed by atoms with Gasteiger partial charge in [-0.2, -0.15) is 0 Å². The quantitative estimate of drug-likeness (QED) is 0.791. The van der Waals surface area contributed by atoms with Gasteiger partial charge in [-0.05, 0) is 31.0 Å². The summed E-state index contributed by atoms with van der Waals surface area (Å²) < 4.78 is 5.42. The lowest BCUT2D eigenvalue weighted by atomic mass is 9.89. The second-order valence-corrected chi connectivity index (χ2v) is 5.16. The molecule has 0 saturated heterocycles. The van der Waals surface area contributed by atoms with Crippen molar-refractivity contribution >= 4 is 5.91 Å². The second-order valence-electron chi connectivity index (χ2n) is 5.16. The van der Waals surface area contributed by atoms with Crippen molar-refractivity contribution < 1.29 is 9.21 Å². The van der Waals surface area contributed by atoms with Crippen molar-refractivity contribution in [3.05, 3.63) is 23.7 Å². The normalized spacial score (nSPS) is 11.5. The molecule has 0 spiro atoms. The zero-order valence-electron chi connectivity index (χ0n) is 10.9. The molecule has 0 aliphatic carbocycles. The Labute approximate surface area is 103 Å². The molecule has 1 aromatic rings. The zero-order valence-corrected chi connectivity index (χ0v) is 10.9. The molecule has 1 aromatic heterocycles. The molecule has 4 nitrogen and oxygen atoms in total. The van der Waals surface area contributed by atoms with Crippen LogP contribution in [0.4, 0.5) is 0 Å². The monoisotopic (exact) mass is 238 g/mol. The number of rotatable bonds is 6. The van der Waals surface area contributed by atoms with Gasteiger partial charge in [0.05, 0.1) is 0 Å². The van der Waals surface area contributed by atoms with Crippen molar-refractivity contribution in [1.29, 1.82) is 0 Å². The molecule has 0 aliphatic rings. The summed E-state index contributed by atoms with van der Waals surface area (Å²) in [6, 6.07) is 3.86. The highest BCUT2D eigenvalue weighted by atomic mass is 16.3. The molecule has 1 heterocycles. The SMILES string of the molecule is Cc1ccc(CCNC(=O)CC(C)(C)CN)o1. The van der Waals surface area contributed by atoms with Gasteiger partial charge in [0.25, 0.3) is 0 Å². The van der Waals surface area contributed by atoms with Crippen molar-refractivity contribution in [2.45, 2.75) is 33.6 Å². The fourth-order valence-electron chi connectivity index (χ4n) is 1.51. The van der Waals surface area contributed by atoms with Crippen LogP contribution in [-0.4, -0.2) is 19.0 Å². The van der Waals surface area contributed by atoms with Crippen molar-refractivity contribution in [2.24, 2.45) is 11.1 Å². The van der Waals surface area contributed by atoms with Crippen molar-refractivity contribution in [1.82, 2.24) is 5.32 Å². The predicted octanol–water partition coefficient (Wildman–Crippen LogP) is 1.62. The number of amides is 1. The fourth-order valence-corrected chi connectivity index (χ4v) is 1.51. The van der Waals surface area contributed by atoms with E-state index in [1.165, 1.54) is 0 Å². The molecule has 4 heteroatoms. The van der Waals surface area contributed by atoms with Gasteiger partial charge >= 0.3 is 0 Å². The average Bonchev–Trinajstić information content (AvgIpc) is 2.63. The lowest BCUT2D eigenvalue weighted by Gasteiger charge is -2.21. The first kappa shape index (κ1) is 13.8. The van der Waals surface area contributed by atoms with Gasteiger partial charge in [-0.25, -0.2) is 0 Å². The smallest absolute Gasteiger partial charge is 0.220 e. The molecule has 0 atom stereocenters. The van der Waals surface area contributed by atoms with Crippen LogP contribution in [0.5, 0.6) is 0 Å². The van der Waals surface area contributed by atoms with E-state index in [1.807, 2.05) is 32.9 Å². The zero-order chi connectivity index (χ0) is 12.9. The Hall–Kier alpha value is -1.29. The second kappa shape index (κ2) is 5.87. The maximum absolute atomic E-state index is 11.6. The number of nitrogens with one attached hydrogen (secondary N) is 1. The van der Waals surface area contributed by atoms with Gasteiger partial charge in [-0.15, -0.1) is 0 Å². The van der Waals surface area contributed by atoms with E-state index in [9.17, 15) is 4.79 Å². The third-order valence-corrected chi connectivity index (χ3v) is 2.68. The highest BCUT2D eigenvalue weighted by Gasteiger charge is 2.19. The first-order valence-corrected chi connectivity index (χ1v) is 5.95. The molecule has 0 bridgehead atoms. The summed E-state index contributed by atoms with van der Waals surface area (Å²) >= 11 is 0. The Morgan fingerprint density at radius 2 is 2.18 bits per heavy atom. The molecule has 1 amide bonds. The van der Waals surface area contributed by atoms with Crippen LogP contribution in [0.15, 0.2) is 16.5 Å². The van der Waals surface area contributed by atoms with E-state index in [-0.39, 0.29) is 11.3 Å². The minimum atomic E-state index is -0.134. The van der Waals surface area contributed by atoms with Crippen LogP contribution in [-0.2, 0) is 11.2 Å². The van der Waals surface area contributed by atoms with E-state index in [0.717, 1.165) is 17.9 Å². The Morgan fingerprint density at radius 1 is 1.47 bits per heavy atom. The number of hydrogen-bond acceptors (Lipinski definition) is 3. The summed E-state index contributed by atoms with van der Waals surface area (Å²) in [6.07, 6.45) is 1.18. The summed E-state index contributed by atoms with van der Waals surface area (Å²) in [7, 11) is 0. The molecule has 0 aliphatic heterocycles. The Kier molecular flexibility index (Phi) is 4.75. The van der Waals surface area contributed by atoms with Gasteiger partial charge in [-0.1, -0.05) is 13.8 Å². The van der Waals surface area contributed by atoms with E-state index < -0.39 is 0 Å². The summed E-state index contributed by atoms with van der Waals surface area (Å²) in [5, 5.41) is 2.88. The standard InChI is InChI=1S/C13H22N2O2/c1-10-4-5-11(17-10)6-7-15-12(16)8-13(2,3)9-14/h4-5H,6-9,14H2,1-3H3,(H,15,16). The van der Waals surface area contributed by atoms with Crippen LogP contribution >= 0.6 is 0 Å². The van der Waals surface area contributed by atoms with Gasteiger partial charge < -0.3 is 15.5 Å². The molecule has 0 aromatic carbocycles. The maximum Gasteiger partial charge on any atom is 0.220 e. The molecule has 0 fully saturated rings. The number of nitrogens with two attached hydrogens (primary N) is 1. The van der Waals surface area contributed by atoms with Crippen LogP contribution in [0.25, 0.3) is 0 Å². The number of carbonyl (C=O) groups is 1. The van der Waals surface area contributed by atoms with Gasteiger partial charge in [0.2, 0.25) is 5.91 Å². The summed E-state index contributed by atoms with van der Waals surface area (Å²) in [5.74, 6) is 1.85. The first-order valence-electron chi connectivity index (χ1n) is 5.95. The van der Waals surface area contributed by atoms with Crippen LogP contribution in [0, 0.1) is 12.3 Å². The van der Waals surface area contributed by atoms with Crippen LogP contribution < -0.4 is 11.1 Å². The summed E-state index contributed by atoms with van der Waals surface area (Å²) in [4.78, 5) is 11.6. The molecule has 17 heavy (non-hydrogen) atoms. The topological polar surface area (TPSA) is 68.3 Å². The van der Waals surface area contributed by atoms with E-state index in [0.29, 0.717) is 19.5 Å². The van der Waals surface area contributed by atoms with Gasteiger partial charge in [0.15, 0.2) is 0 Å². The van der Waals surface area contributed by atoms with Crippen molar-refractivity contribution in [3.8, 4) is 0 Å². The minimum absolute atomic E-state index is 0.0451. The van der Waals surface area contributed by atoms with Gasteiger partial charge in [0.1, 0.15) is 11.5 Å². The molecule has 0 unspecified atom stereocenters. The molecule has 3 N–H and O–H groups in total. The third kappa shape index (κ3) is 5.04. The highest BCUT2D eigenvalue weighted by Crippen LogP contribution is 2.17. The molecule has 1 rings (SSSR count). The first-order chi connectivity index (χ1) is 7.93. The number of aryl methyl sites for hydroxylation is 1. The van der Waals surface area contributed by atoms with Crippen molar-refractivity contribution in [2.75, 3.05) is 13.1 Å². The summed E-state index contributed by atoms with van der Waals surface area (Å²) in [5.41, 5.74) is 5.45. The number of hydrogen-bond donors (Lipinski definition) is 2. The number of carbonyl (C=O) groups excluding carboxylic acids is 1. The lowest BCUT2D eigenvalue weighted by molar-refractivity contribution is -0.122. The largest absolute Gasteiger partial charge is 0.466 e. The molecule has 96 valence electrons. The average molecular weight is 238 g/mol. The van der Waals surface area contributed by atoms with E-state index in [2.05, 4.69) is 5.32 Å². The van der Waals surface area contributed by atoms with Gasteiger partial charge in [-0.3, -0.25) is 4.79 Å². The maximum atomic E-state index is 11.6. The predicted molar refractivity (Wildman–Crippen MR) is 67.6 cm³/mol.